The van der Waals surface area contributed by atoms with E-state index in [1.165, 1.54) is 0 Å². The number of aromatic nitrogens is 2. The molecular formula is C8H13N3O4S. The number of rotatable bonds is 6. The lowest BCUT2D eigenvalue weighted by Gasteiger charge is -2.13. The van der Waals surface area contributed by atoms with Crippen molar-refractivity contribution in [1.82, 2.24) is 14.5 Å². The van der Waals surface area contributed by atoms with E-state index in [1.807, 2.05) is 0 Å². The van der Waals surface area contributed by atoms with Gasteiger partial charge in [0.25, 0.3) is 0 Å². The van der Waals surface area contributed by atoms with Gasteiger partial charge in [0.2, 0.25) is 10.0 Å². The Morgan fingerprint density at radius 2 is 2.31 bits per heavy atom. The fourth-order valence-electron chi connectivity index (χ4n) is 1.24. The van der Waals surface area contributed by atoms with Crippen LogP contribution < -0.4 is 4.72 Å². The summed E-state index contributed by atoms with van der Waals surface area (Å²) in [6, 6.07) is 1.31. The van der Waals surface area contributed by atoms with E-state index in [-0.39, 0.29) is 0 Å². The molecule has 8 heteroatoms. The molecule has 0 bridgehead atoms. The van der Waals surface area contributed by atoms with Crippen molar-refractivity contribution in [3.63, 3.8) is 0 Å². The molecule has 1 rings (SSSR count). The molecule has 0 aliphatic rings. The van der Waals surface area contributed by atoms with Gasteiger partial charge >= 0.3 is 5.97 Å². The van der Waals surface area contributed by atoms with Crippen LogP contribution in [0.4, 0.5) is 0 Å². The largest absolute Gasteiger partial charge is 0.480 e. The lowest BCUT2D eigenvalue weighted by atomic mass is 10.4. The second-order valence-electron chi connectivity index (χ2n) is 3.40. The van der Waals surface area contributed by atoms with Crippen molar-refractivity contribution < 1.29 is 18.3 Å². The molecule has 0 amide bonds. The van der Waals surface area contributed by atoms with Gasteiger partial charge in [-0.25, -0.2) is 13.1 Å². The zero-order valence-electron chi connectivity index (χ0n) is 8.70. The zero-order chi connectivity index (χ0) is 12.2. The summed E-state index contributed by atoms with van der Waals surface area (Å²) < 4.78 is 26.3. The summed E-state index contributed by atoms with van der Waals surface area (Å²) in [5.74, 6) is -2.30. The third-order valence-electron chi connectivity index (χ3n) is 1.71. The number of carbonyl (C=O) groups is 1. The Morgan fingerprint density at radius 3 is 2.81 bits per heavy atom. The van der Waals surface area contributed by atoms with Crippen molar-refractivity contribution in [2.45, 2.75) is 19.5 Å². The third-order valence-corrected chi connectivity index (χ3v) is 3.10. The molecule has 0 fully saturated rings. The van der Waals surface area contributed by atoms with Crippen LogP contribution >= 0.6 is 0 Å². The van der Waals surface area contributed by atoms with Crippen LogP contribution in [0.15, 0.2) is 18.5 Å². The summed E-state index contributed by atoms with van der Waals surface area (Å²) in [4.78, 5) is 10.3. The lowest BCUT2D eigenvalue weighted by molar-refractivity contribution is -0.134. The molecule has 0 saturated heterocycles. The fraction of sp³-hybridized carbons (Fsp3) is 0.500. The molecule has 1 heterocycles. The Balaban J connectivity index is 2.51. The molecule has 1 aromatic rings. The van der Waals surface area contributed by atoms with E-state index < -0.39 is 27.8 Å². The molecule has 7 nitrogen and oxygen atoms in total. The summed E-state index contributed by atoms with van der Waals surface area (Å²) in [5.41, 5.74) is 0. The second kappa shape index (κ2) is 5.08. The Hall–Kier alpha value is -1.41. The summed E-state index contributed by atoms with van der Waals surface area (Å²) >= 11 is 0. The van der Waals surface area contributed by atoms with E-state index in [0.717, 1.165) is 0 Å². The van der Waals surface area contributed by atoms with Crippen molar-refractivity contribution in [3.05, 3.63) is 18.5 Å². The molecule has 0 aliphatic carbocycles. The van der Waals surface area contributed by atoms with Crippen LogP contribution in [0.3, 0.4) is 0 Å². The molecule has 0 aromatic carbocycles. The smallest absolute Gasteiger partial charge is 0.320 e. The average Bonchev–Trinajstić information content (AvgIpc) is 2.51. The number of hydrogen-bond acceptors (Lipinski definition) is 4. The van der Waals surface area contributed by atoms with Gasteiger partial charge in [0.1, 0.15) is 0 Å². The highest BCUT2D eigenvalue weighted by Gasteiger charge is 2.18. The molecule has 0 radical (unpaired) electrons. The average molecular weight is 247 g/mol. The van der Waals surface area contributed by atoms with E-state index >= 15 is 0 Å². The Labute approximate surface area is 93.1 Å². The Bertz CT molecular complexity index is 440. The first kappa shape index (κ1) is 12.7. The minimum absolute atomic E-state index is 0.353. The molecule has 1 aromatic heterocycles. The SMILES string of the molecule is CC(Cn1cccn1)NS(=O)(=O)CC(=O)O. The molecule has 0 aliphatic heterocycles. The van der Waals surface area contributed by atoms with Gasteiger partial charge in [0, 0.05) is 18.4 Å². The van der Waals surface area contributed by atoms with Gasteiger partial charge in [-0.15, -0.1) is 0 Å². The van der Waals surface area contributed by atoms with Crippen molar-refractivity contribution in [2.75, 3.05) is 5.75 Å². The monoisotopic (exact) mass is 247 g/mol. The first-order valence-corrected chi connectivity index (χ1v) is 6.23. The van der Waals surface area contributed by atoms with E-state index in [4.69, 9.17) is 5.11 Å². The molecule has 2 N–H and O–H groups in total. The maximum atomic E-state index is 11.3. The highest BCUT2D eigenvalue weighted by Crippen LogP contribution is 1.94. The van der Waals surface area contributed by atoms with Gasteiger partial charge < -0.3 is 5.11 Å². The van der Waals surface area contributed by atoms with E-state index in [0.29, 0.717) is 6.54 Å². The number of carboxylic acid groups (broad SMARTS) is 1. The van der Waals surface area contributed by atoms with Crippen molar-refractivity contribution >= 4 is 16.0 Å². The topological polar surface area (TPSA) is 101 Å². The molecule has 1 unspecified atom stereocenters. The fourth-order valence-corrected chi connectivity index (χ4v) is 2.33. The predicted molar refractivity (Wildman–Crippen MR) is 56.2 cm³/mol. The molecule has 1 atom stereocenters. The number of nitrogens with zero attached hydrogens (tertiary/aromatic N) is 2. The van der Waals surface area contributed by atoms with Gasteiger partial charge in [-0.2, -0.15) is 5.10 Å². The summed E-state index contributed by atoms with van der Waals surface area (Å²) in [7, 11) is -3.77. The standard InChI is InChI=1S/C8H13N3O4S/c1-7(5-11-4-2-3-9-11)10-16(14,15)6-8(12)13/h2-4,7,10H,5-6H2,1H3,(H,12,13). The minimum Gasteiger partial charge on any atom is -0.480 e. The van der Waals surface area contributed by atoms with Crippen LogP contribution in [0.2, 0.25) is 0 Å². The van der Waals surface area contributed by atoms with Gasteiger partial charge in [-0.05, 0) is 13.0 Å². The van der Waals surface area contributed by atoms with Crippen LogP contribution in [0.25, 0.3) is 0 Å². The summed E-state index contributed by atoms with van der Waals surface area (Å²) in [6.45, 7) is 1.99. The van der Waals surface area contributed by atoms with Gasteiger partial charge in [-0.3, -0.25) is 9.48 Å². The maximum absolute atomic E-state index is 11.3. The maximum Gasteiger partial charge on any atom is 0.320 e. The van der Waals surface area contributed by atoms with Gasteiger partial charge in [-0.1, -0.05) is 0 Å². The minimum atomic E-state index is -3.77. The highest BCUT2D eigenvalue weighted by molar-refractivity contribution is 7.90. The normalized spacial score (nSPS) is 13.6. The van der Waals surface area contributed by atoms with Crippen LogP contribution in [-0.2, 0) is 21.4 Å². The molecule has 90 valence electrons. The zero-order valence-corrected chi connectivity index (χ0v) is 9.51. The number of sulfonamides is 1. The first-order valence-electron chi connectivity index (χ1n) is 4.58. The Kier molecular flexibility index (Phi) is 4.02. The van der Waals surface area contributed by atoms with Crippen molar-refractivity contribution in [2.24, 2.45) is 0 Å². The summed E-state index contributed by atoms with van der Waals surface area (Å²) in [5, 5.41) is 12.3. The van der Waals surface area contributed by atoms with Gasteiger partial charge in [0.15, 0.2) is 5.75 Å². The second-order valence-corrected chi connectivity index (χ2v) is 5.15. The van der Waals surface area contributed by atoms with Gasteiger partial charge in [0.05, 0.1) is 6.54 Å². The quantitative estimate of drug-likeness (QED) is 0.690. The third kappa shape index (κ3) is 4.41. The lowest BCUT2D eigenvalue weighted by Crippen LogP contribution is -2.38. The van der Waals surface area contributed by atoms with Crippen molar-refractivity contribution in [3.8, 4) is 0 Å². The van der Waals surface area contributed by atoms with Crippen LogP contribution in [0.1, 0.15) is 6.92 Å². The van der Waals surface area contributed by atoms with E-state index in [9.17, 15) is 13.2 Å². The van der Waals surface area contributed by atoms with Crippen LogP contribution in [-0.4, -0.2) is 41.1 Å². The Morgan fingerprint density at radius 1 is 1.62 bits per heavy atom. The number of nitrogens with one attached hydrogen (secondary N) is 1. The highest BCUT2D eigenvalue weighted by atomic mass is 32.2. The summed E-state index contributed by atoms with van der Waals surface area (Å²) in [6.07, 6.45) is 3.28. The molecular weight excluding hydrogens is 234 g/mol. The number of carboxylic acids is 1. The number of aliphatic carboxylic acids is 1. The first-order chi connectivity index (χ1) is 7.39. The number of hydrogen-bond donors (Lipinski definition) is 2. The van der Waals surface area contributed by atoms with E-state index in [2.05, 4.69) is 9.82 Å². The predicted octanol–water partition coefficient (Wildman–Crippen LogP) is -0.724. The van der Waals surface area contributed by atoms with Crippen molar-refractivity contribution in [1.29, 1.82) is 0 Å². The molecule has 0 saturated carbocycles. The molecule has 0 spiro atoms. The van der Waals surface area contributed by atoms with Crippen LogP contribution in [0.5, 0.6) is 0 Å². The van der Waals surface area contributed by atoms with E-state index in [1.54, 1.807) is 30.1 Å². The van der Waals surface area contributed by atoms with Crippen LogP contribution in [0, 0.1) is 0 Å². The molecule has 16 heavy (non-hydrogen) atoms.